The number of ether oxygens (including phenoxy) is 1. The van der Waals surface area contributed by atoms with Crippen LogP contribution in [-0.2, 0) is 9.53 Å². The van der Waals surface area contributed by atoms with Gasteiger partial charge in [-0.15, -0.1) is 0 Å². The zero-order valence-corrected chi connectivity index (χ0v) is 10.3. The second-order valence-corrected chi connectivity index (χ2v) is 4.14. The standard InChI is InChI=1S/C13H19NO2/c1-10(9-15)13(16-4)11-5-7-12(8-6-11)14(2)3/h5-10,13H,1-4H3/t10-,13?/m1/s1. The van der Waals surface area contributed by atoms with E-state index in [1.54, 1.807) is 7.11 Å². The lowest BCUT2D eigenvalue weighted by Gasteiger charge is -2.20. The number of hydrogen-bond donors (Lipinski definition) is 0. The Kier molecular flexibility index (Phi) is 4.50. The van der Waals surface area contributed by atoms with Gasteiger partial charge in [0.05, 0.1) is 6.10 Å². The van der Waals surface area contributed by atoms with Crippen LogP contribution in [0.25, 0.3) is 0 Å². The predicted octanol–water partition coefficient (Wildman–Crippen LogP) is 2.28. The molecule has 1 rings (SSSR count). The van der Waals surface area contributed by atoms with E-state index in [0.29, 0.717) is 0 Å². The van der Waals surface area contributed by atoms with Crippen molar-refractivity contribution >= 4 is 12.0 Å². The molecule has 0 heterocycles. The summed E-state index contributed by atoms with van der Waals surface area (Å²) in [5.41, 5.74) is 2.17. The first-order valence-electron chi connectivity index (χ1n) is 5.35. The number of methoxy groups -OCH3 is 1. The van der Waals surface area contributed by atoms with E-state index in [1.165, 1.54) is 0 Å². The number of aldehydes is 1. The van der Waals surface area contributed by atoms with E-state index in [4.69, 9.17) is 4.74 Å². The number of carbonyl (C=O) groups excluding carboxylic acids is 1. The molecule has 0 fully saturated rings. The molecule has 3 nitrogen and oxygen atoms in total. The van der Waals surface area contributed by atoms with Crippen LogP contribution in [0.5, 0.6) is 0 Å². The van der Waals surface area contributed by atoms with E-state index >= 15 is 0 Å². The van der Waals surface area contributed by atoms with E-state index in [0.717, 1.165) is 17.5 Å². The number of benzene rings is 1. The average molecular weight is 221 g/mol. The predicted molar refractivity (Wildman–Crippen MR) is 65.7 cm³/mol. The lowest BCUT2D eigenvalue weighted by Crippen LogP contribution is -2.14. The Labute approximate surface area is 97.0 Å². The molecule has 0 radical (unpaired) electrons. The molecule has 0 bridgehead atoms. The van der Waals surface area contributed by atoms with E-state index in [-0.39, 0.29) is 12.0 Å². The van der Waals surface area contributed by atoms with Crippen molar-refractivity contribution in [3.05, 3.63) is 29.8 Å². The molecule has 1 aromatic carbocycles. The van der Waals surface area contributed by atoms with Crippen LogP contribution in [-0.4, -0.2) is 27.5 Å². The fourth-order valence-electron chi connectivity index (χ4n) is 1.69. The average Bonchev–Trinajstić information content (AvgIpc) is 2.30. The number of carbonyl (C=O) groups is 1. The molecule has 0 aromatic heterocycles. The summed E-state index contributed by atoms with van der Waals surface area (Å²) < 4.78 is 5.34. The van der Waals surface area contributed by atoms with Gasteiger partial charge in [-0.1, -0.05) is 19.1 Å². The molecule has 1 aromatic rings. The van der Waals surface area contributed by atoms with E-state index in [1.807, 2.05) is 50.2 Å². The lowest BCUT2D eigenvalue weighted by atomic mass is 9.98. The zero-order chi connectivity index (χ0) is 12.1. The van der Waals surface area contributed by atoms with E-state index in [2.05, 4.69) is 0 Å². The van der Waals surface area contributed by atoms with Crippen molar-refractivity contribution in [3.8, 4) is 0 Å². The second-order valence-electron chi connectivity index (χ2n) is 4.14. The smallest absolute Gasteiger partial charge is 0.125 e. The summed E-state index contributed by atoms with van der Waals surface area (Å²) in [6, 6.07) is 8.06. The van der Waals surface area contributed by atoms with Gasteiger partial charge in [0.15, 0.2) is 0 Å². The third kappa shape index (κ3) is 2.83. The van der Waals surface area contributed by atoms with Crippen molar-refractivity contribution in [2.75, 3.05) is 26.1 Å². The molecule has 1 unspecified atom stereocenters. The normalized spacial score (nSPS) is 14.2. The molecule has 88 valence electrons. The Morgan fingerprint density at radius 3 is 2.19 bits per heavy atom. The van der Waals surface area contributed by atoms with Gasteiger partial charge in [-0.2, -0.15) is 0 Å². The summed E-state index contributed by atoms with van der Waals surface area (Å²) in [6.07, 6.45) is 0.766. The number of rotatable bonds is 5. The van der Waals surface area contributed by atoms with Gasteiger partial charge in [0.1, 0.15) is 6.29 Å². The SMILES string of the molecule is COC(c1ccc(N(C)C)cc1)[C@H](C)C=O. The number of nitrogens with zero attached hydrogens (tertiary/aromatic N) is 1. The van der Waals surface area contributed by atoms with Crippen LogP contribution >= 0.6 is 0 Å². The maximum Gasteiger partial charge on any atom is 0.125 e. The molecule has 0 spiro atoms. The van der Waals surface area contributed by atoms with Gasteiger partial charge < -0.3 is 14.4 Å². The van der Waals surface area contributed by atoms with Gasteiger partial charge in [0.25, 0.3) is 0 Å². The molecule has 0 aliphatic rings. The molecular formula is C13H19NO2. The van der Waals surface area contributed by atoms with Crippen LogP contribution in [0, 0.1) is 5.92 Å². The van der Waals surface area contributed by atoms with E-state index in [9.17, 15) is 4.79 Å². The summed E-state index contributed by atoms with van der Waals surface area (Å²) in [5, 5.41) is 0. The van der Waals surface area contributed by atoms with Crippen molar-refractivity contribution in [1.29, 1.82) is 0 Å². The van der Waals surface area contributed by atoms with Gasteiger partial charge >= 0.3 is 0 Å². The van der Waals surface area contributed by atoms with Gasteiger partial charge in [0.2, 0.25) is 0 Å². The molecule has 0 saturated carbocycles. The van der Waals surface area contributed by atoms with Gasteiger partial charge in [0, 0.05) is 32.8 Å². The third-order valence-electron chi connectivity index (χ3n) is 2.68. The quantitative estimate of drug-likeness (QED) is 0.714. The van der Waals surface area contributed by atoms with Crippen molar-refractivity contribution < 1.29 is 9.53 Å². The molecule has 0 saturated heterocycles. The van der Waals surface area contributed by atoms with Crippen LogP contribution in [0.2, 0.25) is 0 Å². The minimum absolute atomic E-state index is 0.129. The molecular weight excluding hydrogens is 202 g/mol. The number of hydrogen-bond acceptors (Lipinski definition) is 3. The molecule has 3 heteroatoms. The summed E-state index contributed by atoms with van der Waals surface area (Å²) in [7, 11) is 5.62. The topological polar surface area (TPSA) is 29.5 Å². The molecule has 2 atom stereocenters. The molecule has 0 amide bonds. The summed E-state index contributed by atoms with van der Waals surface area (Å²) in [6.45, 7) is 1.86. The van der Waals surface area contributed by atoms with Crippen LogP contribution in [0.1, 0.15) is 18.6 Å². The largest absolute Gasteiger partial charge is 0.378 e. The minimum atomic E-state index is -0.159. The van der Waals surface area contributed by atoms with Crippen LogP contribution in [0.15, 0.2) is 24.3 Å². The maximum atomic E-state index is 10.8. The highest BCUT2D eigenvalue weighted by Gasteiger charge is 2.17. The summed E-state index contributed by atoms with van der Waals surface area (Å²) in [4.78, 5) is 12.8. The highest BCUT2D eigenvalue weighted by Crippen LogP contribution is 2.25. The van der Waals surface area contributed by atoms with E-state index < -0.39 is 0 Å². The van der Waals surface area contributed by atoms with Crippen molar-refractivity contribution in [2.24, 2.45) is 5.92 Å². The molecule has 16 heavy (non-hydrogen) atoms. The Morgan fingerprint density at radius 2 is 1.81 bits per heavy atom. The summed E-state index contributed by atoms with van der Waals surface area (Å²) >= 11 is 0. The fraction of sp³-hybridized carbons (Fsp3) is 0.462. The molecule has 0 aliphatic carbocycles. The first-order valence-corrected chi connectivity index (χ1v) is 5.35. The highest BCUT2D eigenvalue weighted by molar-refractivity contribution is 5.55. The minimum Gasteiger partial charge on any atom is -0.378 e. The van der Waals surface area contributed by atoms with Crippen molar-refractivity contribution in [2.45, 2.75) is 13.0 Å². The van der Waals surface area contributed by atoms with Gasteiger partial charge in [-0.3, -0.25) is 0 Å². The second kappa shape index (κ2) is 5.66. The van der Waals surface area contributed by atoms with Gasteiger partial charge in [-0.25, -0.2) is 0 Å². The lowest BCUT2D eigenvalue weighted by molar-refractivity contribution is -0.114. The Morgan fingerprint density at radius 1 is 1.25 bits per heavy atom. The Bertz CT molecular complexity index is 332. The zero-order valence-electron chi connectivity index (χ0n) is 10.3. The summed E-state index contributed by atoms with van der Waals surface area (Å²) in [5.74, 6) is -0.129. The van der Waals surface area contributed by atoms with Crippen molar-refractivity contribution in [1.82, 2.24) is 0 Å². The maximum absolute atomic E-state index is 10.8. The Hall–Kier alpha value is -1.35. The monoisotopic (exact) mass is 221 g/mol. The first kappa shape index (κ1) is 12.7. The van der Waals surface area contributed by atoms with Gasteiger partial charge in [-0.05, 0) is 17.7 Å². The van der Waals surface area contributed by atoms with Crippen LogP contribution in [0.4, 0.5) is 5.69 Å². The van der Waals surface area contributed by atoms with Crippen LogP contribution in [0.3, 0.4) is 0 Å². The fourth-order valence-corrected chi connectivity index (χ4v) is 1.69. The Balaban J connectivity index is 2.90. The highest BCUT2D eigenvalue weighted by atomic mass is 16.5. The first-order chi connectivity index (χ1) is 7.60. The van der Waals surface area contributed by atoms with Crippen LogP contribution < -0.4 is 4.90 Å². The third-order valence-corrected chi connectivity index (χ3v) is 2.68. The van der Waals surface area contributed by atoms with Crippen molar-refractivity contribution in [3.63, 3.8) is 0 Å². The number of anilines is 1. The molecule has 0 aliphatic heterocycles. The molecule has 0 N–H and O–H groups in total.